The van der Waals surface area contributed by atoms with E-state index in [1.165, 1.54) is 24.3 Å². The summed E-state index contributed by atoms with van der Waals surface area (Å²) in [5, 5.41) is 5.03. The Morgan fingerprint density at radius 1 is 0.885 bits per heavy atom. The van der Waals surface area contributed by atoms with Crippen LogP contribution in [0, 0.1) is 11.8 Å². The average Bonchev–Trinajstić information content (AvgIpc) is 2.58. The Kier molecular flexibility index (Phi) is 6.57. The van der Waals surface area contributed by atoms with Crippen LogP contribution in [0.1, 0.15) is 19.4 Å². The number of hydrogen-bond donors (Lipinski definition) is 2. The van der Waals surface area contributed by atoms with E-state index in [9.17, 15) is 16.8 Å². The van der Waals surface area contributed by atoms with Crippen molar-refractivity contribution in [3.05, 3.63) is 60.2 Å². The summed E-state index contributed by atoms with van der Waals surface area (Å²) in [6, 6.07) is 14.8. The summed E-state index contributed by atoms with van der Waals surface area (Å²) in [5.41, 5.74) is 1.16. The van der Waals surface area contributed by atoms with E-state index in [-0.39, 0.29) is 15.7 Å². The maximum atomic E-state index is 12.5. The average molecular weight is 397 g/mol. The number of hydrogen-bond acceptors (Lipinski definition) is 4. The summed E-state index contributed by atoms with van der Waals surface area (Å²) in [4.78, 5) is -0.118. The van der Waals surface area contributed by atoms with Gasteiger partial charge in [0, 0.05) is 6.54 Å². The molecule has 0 aliphatic rings. The number of nitrogens with two attached hydrogens (primary N) is 1. The molecule has 0 saturated carbocycles. The molecule has 3 N–H and O–H groups in total. The highest BCUT2D eigenvalue weighted by Crippen LogP contribution is 2.18. The summed E-state index contributed by atoms with van der Waals surface area (Å²) in [6.45, 7) is 4.41. The van der Waals surface area contributed by atoms with Crippen LogP contribution >= 0.6 is 0 Å². The molecule has 0 radical (unpaired) electrons. The van der Waals surface area contributed by atoms with Gasteiger partial charge in [-0.15, -0.1) is 0 Å². The van der Waals surface area contributed by atoms with E-state index < -0.39 is 20.0 Å². The molecule has 2 aromatic rings. The molecule has 0 spiro atoms. The van der Waals surface area contributed by atoms with E-state index in [4.69, 9.17) is 5.14 Å². The summed E-state index contributed by atoms with van der Waals surface area (Å²) in [5.74, 6) is 0.429. The van der Waals surface area contributed by atoms with Crippen molar-refractivity contribution in [3.8, 4) is 0 Å². The molecule has 2 aromatic carbocycles. The van der Waals surface area contributed by atoms with E-state index in [1.54, 1.807) is 0 Å². The molecule has 0 aromatic heterocycles. The Morgan fingerprint density at radius 3 is 1.92 bits per heavy atom. The lowest BCUT2D eigenvalue weighted by Gasteiger charge is -2.21. The molecule has 0 fully saturated rings. The van der Waals surface area contributed by atoms with Crippen molar-refractivity contribution >= 4 is 20.0 Å². The topological polar surface area (TPSA) is 106 Å². The highest BCUT2D eigenvalue weighted by Gasteiger charge is 2.20. The maximum Gasteiger partial charge on any atom is 0.240 e. The summed E-state index contributed by atoms with van der Waals surface area (Å²) in [7, 11) is -7.58. The van der Waals surface area contributed by atoms with E-state index in [1.807, 2.05) is 30.3 Å². The van der Waals surface area contributed by atoms with Gasteiger partial charge in [-0.05, 0) is 48.1 Å². The number of sulfonamides is 2. The smallest absolute Gasteiger partial charge is 0.225 e. The van der Waals surface area contributed by atoms with Crippen LogP contribution < -0.4 is 9.86 Å². The van der Waals surface area contributed by atoms with Crippen molar-refractivity contribution in [2.24, 2.45) is 17.0 Å². The number of primary sulfonamides is 1. The molecule has 0 bridgehead atoms. The fourth-order valence-corrected chi connectivity index (χ4v) is 4.18. The van der Waals surface area contributed by atoms with Gasteiger partial charge in [0.2, 0.25) is 20.0 Å². The van der Waals surface area contributed by atoms with Crippen LogP contribution in [-0.2, 0) is 26.5 Å². The lowest BCUT2D eigenvalue weighted by Crippen LogP contribution is -2.32. The van der Waals surface area contributed by atoms with Gasteiger partial charge >= 0.3 is 0 Å². The van der Waals surface area contributed by atoms with Crippen molar-refractivity contribution < 1.29 is 16.8 Å². The third kappa shape index (κ3) is 5.63. The lowest BCUT2D eigenvalue weighted by atomic mass is 9.89. The van der Waals surface area contributed by atoms with Crippen LogP contribution in [0.5, 0.6) is 0 Å². The maximum absolute atomic E-state index is 12.5. The molecule has 0 heterocycles. The molecular formula is C18H24N2O4S2. The zero-order valence-electron chi connectivity index (χ0n) is 14.8. The van der Waals surface area contributed by atoms with Gasteiger partial charge in [0.1, 0.15) is 0 Å². The van der Waals surface area contributed by atoms with Gasteiger partial charge in [-0.1, -0.05) is 44.2 Å². The van der Waals surface area contributed by atoms with Gasteiger partial charge in [0.15, 0.2) is 0 Å². The molecule has 8 heteroatoms. The van der Waals surface area contributed by atoms with Gasteiger partial charge in [0.05, 0.1) is 9.79 Å². The molecule has 26 heavy (non-hydrogen) atoms. The third-order valence-electron chi connectivity index (χ3n) is 4.28. The molecular weight excluding hydrogens is 372 g/mol. The SMILES string of the molecule is CC(C)[C@H](CNS(=O)(=O)c1ccc(S(N)(=O)=O)cc1)Cc1ccccc1. The number of rotatable bonds is 8. The predicted octanol–water partition coefficient (Wildman–Crippen LogP) is 2.13. The summed E-state index contributed by atoms with van der Waals surface area (Å²) >= 11 is 0. The molecule has 0 amide bonds. The molecule has 142 valence electrons. The Hall–Kier alpha value is -1.74. The van der Waals surface area contributed by atoms with Gasteiger partial charge in [-0.3, -0.25) is 0 Å². The number of nitrogens with one attached hydrogen (secondary N) is 1. The van der Waals surface area contributed by atoms with Gasteiger partial charge in [0.25, 0.3) is 0 Å². The Morgan fingerprint density at radius 2 is 1.42 bits per heavy atom. The minimum atomic E-state index is -3.85. The van der Waals surface area contributed by atoms with Crippen LogP contribution in [0.3, 0.4) is 0 Å². The minimum Gasteiger partial charge on any atom is -0.225 e. The molecule has 1 atom stereocenters. The highest BCUT2D eigenvalue weighted by atomic mass is 32.2. The first-order valence-electron chi connectivity index (χ1n) is 8.26. The van der Waals surface area contributed by atoms with Crippen molar-refractivity contribution in [3.63, 3.8) is 0 Å². The monoisotopic (exact) mass is 396 g/mol. The lowest BCUT2D eigenvalue weighted by molar-refractivity contribution is 0.379. The van der Waals surface area contributed by atoms with E-state index >= 15 is 0 Å². The predicted molar refractivity (Wildman–Crippen MR) is 101 cm³/mol. The second-order valence-corrected chi connectivity index (χ2v) is 9.89. The Labute approximate surface area is 155 Å². The molecule has 0 aliphatic carbocycles. The van der Waals surface area contributed by atoms with Crippen LogP contribution in [0.25, 0.3) is 0 Å². The van der Waals surface area contributed by atoms with Crippen LogP contribution in [-0.4, -0.2) is 23.4 Å². The zero-order valence-corrected chi connectivity index (χ0v) is 16.4. The summed E-state index contributed by atoms with van der Waals surface area (Å²) in [6.07, 6.45) is 0.769. The minimum absolute atomic E-state index is 0.00659. The fraction of sp³-hybridized carbons (Fsp3) is 0.333. The van der Waals surface area contributed by atoms with E-state index in [2.05, 4.69) is 18.6 Å². The third-order valence-corrected chi connectivity index (χ3v) is 6.65. The Balaban J connectivity index is 2.09. The molecule has 6 nitrogen and oxygen atoms in total. The molecule has 0 saturated heterocycles. The van der Waals surface area contributed by atoms with E-state index in [0.717, 1.165) is 12.0 Å². The van der Waals surface area contributed by atoms with Crippen molar-refractivity contribution in [2.75, 3.05) is 6.54 Å². The molecule has 0 unspecified atom stereocenters. The summed E-state index contributed by atoms with van der Waals surface area (Å²) < 4.78 is 50.1. The van der Waals surface area contributed by atoms with Crippen LogP contribution in [0.15, 0.2) is 64.4 Å². The van der Waals surface area contributed by atoms with Crippen LogP contribution in [0.2, 0.25) is 0 Å². The Bertz CT molecular complexity index is 923. The first kappa shape index (κ1) is 20.6. The van der Waals surface area contributed by atoms with Crippen molar-refractivity contribution in [1.82, 2.24) is 4.72 Å². The van der Waals surface area contributed by atoms with Gasteiger partial charge in [-0.25, -0.2) is 26.7 Å². The fourth-order valence-electron chi connectivity index (χ4n) is 2.57. The first-order chi connectivity index (χ1) is 12.1. The molecule has 0 aliphatic heterocycles. The highest BCUT2D eigenvalue weighted by molar-refractivity contribution is 7.89. The first-order valence-corrected chi connectivity index (χ1v) is 11.3. The van der Waals surface area contributed by atoms with Crippen molar-refractivity contribution in [1.29, 1.82) is 0 Å². The zero-order chi connectivity index (χ0) is 19.4. The number of benzene rings is 2. The van der Waals surface area contributed by atoms with Crippen LogP contribution in [0.4, 0.5) is 0 Å². The van der Waals surface area contributed by atoms with Gasteiger partial charge < -0.3 is 0 Å². The van der Waals surface area contributed by atoms with E-state index in [0.29, 0.717) is 12.5 Å². The second kappa shape index (κ2) is 8.30. The largest absolute Gasteiger partial charge is 0.240 e. The quantitative estimate of drug-likeness (QED) is 0.713. The second-order valence-electron chi connectivity index (χ2n) is 6.56. The standard InChI is InChI=1S/C18H24N2O4S2/c1-14(2)16(12-15-6-4-3-5-7-15)13-20-26(23,24)18-10-8-17(9-11-18)25(19,21)22/h3-11,14,16,20H,12-13H2,1-2H3,(H2,19,21,22)/t16-/m0/s1. The molecule has 2 rings (SSSR count). The normalized spacial score (nSPS) is 13.7. The van der Waals surface area contributed by atoms with Gasteiger partial charge in [-0.2, -0.15) is 0 Å². The van der Waals surface area contributed by atoms with Crippen molar-refractivity contribution in [2.45, 2.75) is 30.1 Å².